The molecule has 0 aromatic carbocycles. The van der Waals surface area contributed by atoms with Gasteiger partial charge in [0.1, 0.15) is 11.6 Å². The molecule has 0 spiro atoms. The number of aliphatic hydroxyl groups excluding tert-OH is 1. The lowest BCUT2D eigenvalue weighted by Crippen LogP contribution is -2.58. The van der Waals surface area contributed by atoms with Crippen LogP contribution in [0.4, 0.5) is 4.79 Å². The van der Waals surface area contributed by atoms with Gasteiger partial charge in [0.05, 0.1) is 12.1 Å². The Balaban J connectivity index is 2.85. The summed E-state index contributed by atoms with van der Waals surface area (Å²) < 4.78 is 5.33. The Morgan fingerprint density at radius 2 is 1.76 bits per heavy atom. The Labute approximate surface area is 152 Å². The first-order valence-electron chi connectivity index (χ1n) is 9.52. The number of carbonyl (C=O) groups excluding carboxylic acids is 2. The van der Waals surface area contributed by atoms with Gasteiger partial charge < -0.3 is 20.5 Å². The molecular weight excluding hydrogens is 320 g/mol. The summed E-state index contributed by atoms with van der Waals surface area (Å²) in [6.07, 6.45) is 6.09. The van der Waals surface area contributed by atoms with E-state index in [0.29, 0.717) is 6.42 Å². The van der Waals surface area contributed by atoms with E-state index in [1.54, 1.807) is 20.8 Å². The molecule has 0 aromatic heterocycles. The van der Waals surface area contributed by atoms with Gasteiger partial charge in [0.25, 0.3) is 0 Å². The Hall–Kier alpha value is -1.30. The van der Waals surface area contributed by atoms with Gasteiger partial charge in [-0.2, -0.15) is 0 Å². The van der Waals surface area contributed by atoms with Crippen LogP contribution in [0.3, 0.4) is 0 Å². The first-order valence-corrected chi connectivity index (χ1v) is 9.52. The van der Waals surface area contributed by atoms with Crippen LogP contribution >= 0.6 is 0 Å². The molecule has 2 amide bonds. The van der Waals surface area contributed by atoms with Crippen molar-refractivity contribution in [1.82, 2.24) is 10.6 Å². The third kappa shape index (κ3) is 7.63. The monoisotopic (exact) mass is 356 g/mol. The summed E-state index contributed by atoms with van der Waals surface area (Å²) in [7, 11) is 0. The second-order valence-electron chi connectivity index (χ2n) is 8.48. The number of hydrogen-bond donors (Lipinski definition) is 3. The zero-order valence-corrected chi connectivity index (χ0v) is 16.5. The lowest BCUT2D eigenvalue weighted by atomic mass is 9.83. The van der Waals surface area contributed by atoms with Crippen LogP contribution in [0.2, 0.25) is 0 Å². The van der Waals surface area contributed by atoms with E-state index in [1.807, 2.05) is 13.8 Å². The van der Waals surface area contributed by atoms with Crippen molar-refractivity contribution in [2.24, 2.45) is 5.92 Å². The molecule has 0 aromatic rings. The second-order valence-corrected chi connectivity index (χ2v) is 8.48. The number of nitrogens with one attached hydrogen (secondary N) is 2. The van der Waals surface area contributed by atoms with Gasteiger partial charge in [-0.25, -0.2) is 4.79 Å². The zero-order chi connectivity index (χ0) is 19.1. The largest absolute Gasteiger partial charge is 0.444 e. The fourth-order valence-electron chi connectivity index (χ4n) is 3.41. The first kappa shape index (κ1) is 21.7. The highest BCUT2D eigenvalue weighted by Gasteiger charge is 2.35. The van der Waals surface area contributed by atoms with Crippen LogP contribution in [0, 0.1) is 5.92 Å². The number of aliphatic hydroxyl groups is 1. The van der Waals surface area contributed by atoms with Gasteiger partial charge in [-0.1, -0.05) is 32.6 Å². The Morgan fingerprint density at radius 1 is 1.16 bits per heavy atom. The van der Waals surface area contributed by atoms with E-state index >= 15 is 0 Å². The quantitative estimate of drug-likeness (QED) is 0.654. The van der Waals surface area contributed by atoms with Gasteiger partial charge in [-0.15, -0.1) is 0 Å². The minimum atomic E-state index is -0.672. The zero-order valence-electron chi connectivity index (χ0n) is 16.5. The highest BCUT2D eigenvalue weighted by molar-refractivity contribution is 5.86. The Morgan fingerprint density at radius 3 is 2.24 bits per heavy atom. The summed E-state index contributed by atoms with van der Waals surface area (Å²) in [6, 6.07) is -0.627. The maximum atomic E-state index is 12.9. The van der Waals surface area contributed by atoms with Crippen molar-refractivity contribution in [3.63, 3.8) is 0 Å². The molecule has 1 unspecified atom stereocenters. The third-order valence-electron chi connectivity index (χ3n) is 4.65. The molecule has 0 saturated heterocycles. The van der Waals surface area contributed by atoms with E-state index in [9.17, 15) is 14.7 Å². The number of alkyl carbamates (subject to hydrolysis) is 1. The molecule has 0 radical (unpaired) electrons. The molecule has 3 N–H and O–H groups in total. The van der Waals surface area contributed by atoms with E-state index in [4.69, 9.17) is 4.74 Å². The number of rotatable bonds is 7. The number of hydrogen-bond acceptors (Lipinski definition) is 4. The molecule has 25 heavy (non-hydrogen) atoms. The molecule has 0 heterocycles. The maximum absolute atomic E-state index is 12.9. The van der Waals surface area contributed by atoms with Crippen molar-refractivity contribution >= 4 is 12.0 Å². The molecule has 1 aliphatic rings. The molecule has 2 atom stereocenters. The van der Waals surface area contributed by atoms with Crippen molar-refractivity contribution in [3.05, 3.63) is 0 Å². The summed E-state index contributed by atoms with van der Waals surface area (Å²) in [5.41, 5.74) is -1.28. The Bertz CT molecular complexity index is 441. The van der Waals surface area contributed by atoms with Crippen molar-refractivity contribution in [2.45, 2.75) is 96.7 Å². The predicted octanol–water partition coefficient (Wildman–Crippen LogP) is 3.13. The predicted molar refractivity (Wildman–Crippen MR) is 98.3 cm³/mol. The minimum absolute atomic E-state index is 0.103. The minimum Gasteiger partial charge on any atom is -0.444 e. The topological polar surface area (TPSA) is 87.7 Å². The van der Waals surface area contributed by atoms with Crippen LogP contribution in [0.1, 0.15) is 79.6 Å². The molecule has 1 saturated carbocycles. The average molecular weight is 357 g/mol. The lowest BCUT2D eigenvalue weighted by Gasteiger charge is -2.35. The molecule has 1 aliphatic carbocycles. The van der Waals surface area contributed by atoms with Gasteiger partial charge in [-0.05, 0) is 52.9 Å². The third-order valence-corrected chi connectivity index (χ3v) is 4.65. The van der Waals surface area contributed by atoms with E-state index < -0.39 is 23.3 Å². The molecule has 146 valence electrons. The van der Waals surface area contributed by atoms with Crippen molar-refractivity contribution < 1.29 is 19.4 Å². The highest BCUT2D eigenvalue weighted by Crippen LogP contribution is 2.27. The molecule has 0 bridgehead atoms. The normalized spacial score (nSPS) is 19.6. The standard InChI is InChI=1S/C19H36N2O4/c1-6-12-19(5,13-22)21-16(23)15(14-10-8-7-9-11-14)20-17(24)25-18(2,3)4/h14-15,22H,6-13H2,1-5H3,(H,20,24)(H,21,23)/t15-,19?/m1/s1. The molecule has 1 fully saturated rings. The number of ether oxygens (including phenoxy) is 1. The van der Waals surface area contributed by atoms with Crippen LogP contribution in [0.15, 0.2) is 0 Å². The molecule has 6 heteroatoms. The fraction of sp³-hybridized carbons (Fsp3) is 0.895. The van der Waals surface area contributed by atoms with Gasteiger partial charge in [-0.3, -0.25) is 4.79 Å². The Kier molecular flexibility index (Phi) is 8.19. The highest BCUT2D eigenvalue weighted by atomic mass is 16.6. The van der Waals surface area contributed by atoms with Crippen LogP contribution in [0.25, 0.3) is 0 Å². The molecule has 0 aliphatic heterocycles. The molecule has 1 rings (SSSR count). The van der Waals surface area contributed by atoms with Crippen LogP contribution in [-0.4, -0.2) is 40.9 Å². The van der Waals surface area contributed by atoms with Crippen LogP contribution < -0.4 is 10.6 Å². The van der Waals surface area contributed by atoms with Gasteiger partial charge in [0.2, 0.25) is 5.91 Å². The van der Waals surface area contributed by atoms with E-state index in [-0.39, 0.29) is 18.4 Å². The van der Waals surface area contributed by atoms with Gasteiger partial charge >= 0.3 is 6.09 Å². The summed E-state index contributed by atoms with van der Waals surface area (Å²) in [5, 5.41) is 15.4. The van der Waals surface area contributed by atoms with E-state index in [1.165, 1.54) is 6.42 Å². The summed E-state index contributed by atoms with van der Waals surface area (Å²) in [5.74, 6) is -0.131. The summed E-state index contributed by atoms with van der Waals surface area (Å²) in [4.78, 5) is 25.1. The van der Waals surface area contributed by atoms with Crippen LogP contribution in [0.5, 0.6) is 0 Å². The maximum Gasteiger partial charge on any atom is 0.408 e. The smallest absolute Gasteiger partial charge is 0.408 e. The lowest BCUT2D eigenvalue weighted by molar-refractivity contribution is -0.127. The summed E-state index contributed by atoms with van der Waals surface area (Å²) >= 11 is 0. The second kappa shape index (κ2) is 9.41. The van der Waals surface area contributed by atoms with Crippen LogP contribution in [-0.2, 0) is 9.53 Å². The van der Waals surface area contributed by atoms with E-state index in [2.05, 4.69) is 10.6 Å². The van der Waals surface area contributed by atoms with Crippen molar-refractivity contribution in [3.8, 4) is 0 Å². The number of amides is 2. The summed E-state index contributed by atoms with van der Waals surface area (Å²) in [6.45, 7) is 9.11. The van der Waals surface area contributed by atoms with Gasteiger partial charge in [0.15, 0.2) is 0 Å². The van der Waals surface area contributed by atoms with Gasteiger partial charge in [0, 0.05) is 0 Å². The SMILES string of the molecule is CCCC(C)(CO)NC(=O)[C@H](NC(=O)OC(C)(C)C)C1CCCCC1. The van der Waals surface area contributed by atoms with E-state index in [0.717, 1.165) is 32.1 Å². The van der Waals surface area contributed by atoms with Crippen molar-refractivity contribution in [2.75, 3.05) is 6.61 Å². The fourth-order valence-corrected chi connectivity index (χ4v) is 3.41. The molecular formula is C19H36N2O4. The van der Waals surface area contributed by atoms with Crippen molar-refractivity contribution in [1.29, 1.82) is 0 Å². The average Bonchev–Trinajstić information content (AvgIpc) is 2.52. The number of carbonyl (C=O) groups is 2. The molecule has 6 nitrogen and oxygen atoms in total. The first-order chi connectivity index (χ1) is 11.6.